The number of nitrogens with zero attached hydrogens (tertiary/aromatic N) is 4. The van der Waals surface area contributed by atoms with Gasteiger partial charge in [-0.25, -0.2) is 4.98 Å². The third kappa shape index (κ3) is 2.63. The molecule has 0 bridgehead atoms. The van der Waals surface area contributed by atoms with E-state index < -0.39 is 0 Å². The van der Waals surface area contributed by atoms with E-state index in [9.17, 15) is 0 Å². The molecule has 2 heterocycles. The van der Waals surface area contributed by atoms with Gasteiger partial charge in [-0.1, -0.05) is 30.3 Å². The summed E-state index contributed by atoms with van der Waals surface area (Å²) in [6.07, 6.45) is 5.90. The van der Waals surface area contributed by atoms with Gasteiger partial charge < -0.3 is 4.57 Å². The number of hydrogen-bond donors (Lipinski definition) is 0. The van der Waals surface area contributed by atoms with E-state index >= 15 is 0 Å². The molecular weight excluding hydrogens is 284 g/mol. The molecule has 114 valence electrons. The zero-order chi connectivity index (χ0) is 15.8. The van der Waals surface area contributed by atoms with E-state index in [-0.39, 0.29) is 0 Å². The third-order valence-electron chi connectivity index (χ3n) is 4.18. The predicted molar refractivity (Wildman–Crippen MR) is 92.2 cm³/mol. The fourth-order valence-electron chi connectivity index (χ4n) is 2.90. The summed E-state index contributed by atoms with van der Waals surface area (Å²) in [6.45, 7) is 2.88. The van der Waals surface area contributed by atoms with E-state index in [1.807, 2.05) is 31.0 Å². The second kappa shape index (κ2) is 5.39. The fraction of sp³-hybridized carbons (Fsp3) is 0.158. The van der Waals surface area contributed by atoms with Crippen molar-refractivity contribution >= 4 is 10.9 Å². The summed E-state index contributed by atoms with van der Waals surface area (Å²) in [5, 5.41) is 5.59. The Morgan fingerprint density at radius 1 is 1.00 bits per heavy atom. The van der Waals surface area contributed by atoms with E-state index in [0.29, 0.717) is 0 Å². The van der Waals surface area contributed by atoms with Crippen molar-refractivity contribution in [2.45, 2.75) is 13.5 Å². The van der Waals surface area contributed by atoms with Gasteiger partial charge in [-0.3, -0.25) is 4.68 Å². The predicted octanol–water partition coefficient (Wildman–Crippen LogP) is 3.79. The lowest BCUT2D eigenvalue weighted by Gasteiger charge is -2.07. The molecule has 4 rings (SSSR count). The van der Waals surface area contributed by atoms with Crippen LogP contribution >= 0.6 is 0 Å². The number of imidazole rings is 1. The Labute approximate surface area is 135 Å². The van der Waals surface area contributed by atoms with Gasteiger partial charge in [-0.2, -0.15) is 5.10 Å². The number of benzene rings is 2. The Hall–Kier alpha value is -2.88. The van der Waals surface area contributed by atoms with Crippen molar-refractivity contribution in [3.05, 3.63) is 72.4 Å². The first-order valence-electron chi connectivity index (χ1n) is 7.69. The maximum Gasteiger partial charge on any atom is 0.105 e. The largest absolute Gasteiger partial charge is 0.331 e. The van der Waals surface area contributed by atoms with Crippen molar-refractivity contribution in [3.8, 4) is 11.1 Å². The molecule has 2 aromatic heterocycles. The maximum atomic E-state index is 4.42. The first kappa shape index (κ1) is 13.8. The minimum absolute atomic E-state index is 0.855. The molecule has 0 radical (unpaired) electrons. The second-order valence-electron chi connectivity index (χ2n) is 5.88. The molecule has 4 heteroatoms. The average molecular weight is 302 g/mol. The van der Waals surface area contributed by atoms with Crippen LogP contribution < -0.4 is 0 Å². The molecular formula is C19H18N4. The molecule has 0 amide bonds. The topological polar surface area (TPSA) is 35.6 Å². The van der Waals surface area contributed by atoms with E-state index in [2.05, 4.69) is 63.3 Å². The van der Waals surface area contributed by atoms with Crippen molar-refractivity contribution in [2.75, 3.05) is 0 Å². The van der Waals surface area contributed by atoms with Crippen LogP contribution in [-0.4, -0.2) is 19.3 Å². The monoisotopic (exact) mass is 302 g/mol. The van der Waals surface area contributed by atoms with Crippen LogP contribution in [0, 0.1) is 6.92 Å². The van der Waals surface area contributed by atoms with E-state index in [1.165, 1.54) is 22.1 Å². The molecule has 0 unspecified atom stereocenters. The Morgan fingerprint density at radius 2 is 1.78 bits per heavy atom. The van der Waals surface area contributed by atoms with E-state index in [0.717, 1.165) is 17.9 Å². The molecule has 0 spiro atoms. The van der Waals surface area contributed by atoms with Crippen molar-refractivity contribution in [2.24, 2.45) is 7.05 Å². The van der Waals surface area contributed by atoms with Crippen LogP contribution in [0.2, 0.25) is 0 Å². The van der Waals surface area contributed by atoms with Crippen molar-refractivity contribution in [1.29, 1.82) is 0 Å². The second-order valence-corrected chi connectivity index (χ2v) is 5.88. The number of fused-ring (bicyclic) bond motifs is 1. The molecule has 0 saturated carbocycles. The number of hydrogen-bond acceptors (Lipinski definition) is 2. The Kier molecular flexibility index (Phi) is 3.23. The molecule has 23 heavy (non-hydrogen) atoms. The smallest absolute Gasteiger partial charge is 0.105 e. The van der Waals surface area contributed by atoms with Crippen molar-refractivity contribution < 1.29 is 0 Å². The SMILES string of the molecule is Cc1nccn1Cc1ccc(-c2ccc3nn(C)cc3c2)cc1. The van der Waals surface area contributed by atoms with Gasteiger partial charge in [0.2, 0.25) is 0 Å². The highest BCUT2D eigenvalue weighted by Gasteiger charge is 2.04. The van der Waals surface area contributed by atoms with E-state index in [1.54, 1.807) is 0 Å². The van der Waals surface area contributed by atoms with Gasteiger partial charge >= 0.3 is 0 Å². The molecule has 0 atom stereocenters. The Bertz CT molecular complexity index is 961. The number of rotatable bonds is 3. The highest BCUT2D eigenvalue weighted by molar-refractivity contribution is 5.84. The Balaban J connectivity index is 1.62. The van der Waals surface area contributed by atoms with Gasteiger partial charge in [0, 0.05) is 37.6 Å². The first-order chi connectivity index (χ1) is 11.2. The maximum absolute atomic E-state index is 4.42. The number of aromatic nitrogens is 4. The van der Waals surface area contributed by atoms with Crippen molar-refractivity contribution in [1.82, 2.24) is 19.3 Å². The summed E-state index contributed by atoms with van der Waals surface area (Å²) >= 11 is 0. The van der Waals surface area contributed by atoms with Crippen LogP contribution in [0.3, 0.4) is 0 Å². The first-order valence-corrected chi connectivity index (χ1v) is 7.69. The number of aryl methyl sites for hydroxylation is 2. The lowest BCUT2D eigenvalue weighted by Crippen LogP contribution is -2.00. The van der Waals surface area contributed by atoms with Crippen LogP contribution in [0.5, 0.6) is 0 Å². The summed E-state index contributed by atoms with van der Waals surface area (Å²) < 4.78 is 4.00. The lowest BCUT2D eigenvalue weighted by atomic mass is 10.0. The van der Waals surface area contributed by atoms with Gasteiger partial charge in [0.05, 0.1) is 5.52 Å². The Morgan fingerprint density at radius 3 is 2.52 bits per heavy atom. The van der Waals surface area contributed by atoms with Gasteiger partial charge in [-0.15, -0.1) is 0 Å². The molecule has 0 N–H and O–H groups in total. The standard InChI is InChI=1S/C19H18N4/c1-14-20-9-10-23(14)12-15-3-5-16(6-4-15)17-7-8-19-18(11-17)13-22(2)21-19/h3-11,13H,12H2,1-2H3. The summed E-state index contributed by atoms with van der Waals surface area (Å²) in [5.41, 5.74) is 4.75. The van der Waals surface area contributed by atoms with Gasteiger partial charge in [-0.05, 0) is 35.7 Å². The summed E-state index contributed by atoms with van der Waals surface area (Å²) in [4.78, 5) is 4.26. The van der Waals surface area contributed by atoms with Gasteiger partial charge in [0.15, 0.2) is 0 Å². The summed E-state index contributed by atoms with van der Waals surface area (Å²) in [5.74, 6) is 1.04. The highest BCUT2D eigenvalue weighted by atomic mass is 15.2. The van der Waals surface area contributed by atoms with Crippen molar-refractivity contribution in [3.63, 3.8) is 0 Å². The van der Waals surface area contributed by atoms with Crippen LogP contribution in [0.15, 0.2) is 61.1 Å². The minimum atomic E-state index is 0.855. The van der Waals surface area contributed by atoms with Gasteiger partial charge in [0.1, 0.15) is 5.82 Å². The molecule has 0 aliphatic rings. The van der Waals surface area contributed by atoms with Crippen LogP contribution in [0.1, 0.15) is 11.4 Å². The molecule has 2 aromatic carbocycles. The van der Waals surface area contributed by atoms with Crippen LogP contribution in [-0.2, 0) is 13.6 Å². The quantitative estimate of drug-likeness (QED) is 0.577. The zero-order valence-corrected chi connectivity index (χ0v) is 13.3. The fourth-order valence-corrected chi connectivity index (χ4v) is 2.90. The van der Waals surface area contributed by atoms with Crippen LogP contribution in [0.4, 0.5) is 0 Å². The minimum Gasteiger partial charge on any atom is -0.331 e. The summed E-state index contributed by atoms with van der Waals surface area (Å²) in [7, 11) is 1.95. The average Bonchev–Trinajstić information content (AvgIpc) is 3.12. The van der Waals surface area contributed by atoms with Crippen LogP contribution in [0.25, 0.3) is 22.0 Å². The molecule has 4 aromatic rings. The third-order valence-corrected chi connectivity index (χ3v) is 4.18. The normalized spacial score (nSPS) is 11.2. The van der Waals surface area contributed by atoms with Gasteiger partial charge in [0.25, 0.3) is 0 Å². The zero-order valence-electron chi connectivity index (χ0n) is 13.3. The molecule has 0 aliphatic heterocycles. The molecule has 0 saturated heterocycles. The lowest BCUT2D eigenvalue weighted by molar-refractivity contribution is 0.762. The molecule has 0 aliphatic carbocycles. The molecule has 4 nitrogen and oxygen atoms in total. The molecule has 0 fully saturated rings. The highest BCUT2D eigenvalue weighted by Crippen LogP contribution is 2.24. The van der Waals surface area contributed by atoms with E-state index in [4.69, 9.17) is 0 Å². The summed E-state index contributed by atoms with van der Waals surface area (Å²) in [6, 6.07) is 15.1.